The van der Waals surface area contributed by atoms with Crippen molar-refractivity contribution in [3.05, 3.63) is 40.8 Å². The van der Waals surface area contributed by atoms with Crippen LogP contribution in [0.25, 0.3) is 0 Å². The van der Waals surface area contributed by atoms with Gasteiger partial charge in [0.2, 0.25) is 10.0 Å². The highest BCUT2D eigenvalue weighted by atomic mass is 32.2. The molecule has 0 saturated heterocycles. The van der Waals surface area contributed by atoms with Gasteiger partial charge in [0.05, 0.1) is 10.4 Å². The predicted octanol–water partition coefficient (Wildman–Crippen LogP) is 2.44. The average Bonchev–Trinajstić information content (AvgIpc) is 2.97. The Morgan fingerprint density at radius 3 is 2.60 bits per heavy atom. The summed E-state index contributed by atoms with van der Waals surface area (Å²) in [7, 11) is -3.47. The van der Waals surface area contributed by atoms with Crippen molar-refractivity contribution in [2.24, 2.45) is 0 Å². The van der Waals surface area contributed by atoms with E-state index >= 15 is 0 Å². The summed E-state index contributed by atoms with van der Waals surface area (Å²) in [6, 6.07) is 6.76. The second-order valence-electron chi connectivity index (χ2n) is 4.24. The van der Waals surface area contributed by atoms with E-state index in [0.717, 1.165) is 23.5 Å². The molecule has 1 heterocycles. The Labute approximate surface area is 123 Å². The summed E-state index contributed by atoms with van der Waals surface area (Å²) in [5, 5.41) is 3.21. The number of anilines is 1. The molecule has 0 aliphatic rings. The SMILES string of the molecule is CCCNc1ccc(S(=O)(=O)NCc2cncs2)cc1. The number of nitrogens with one attached hydrogen (secondary N) is 2. The molecular formula is C13H17N3O2S2. The van der Waals surface area contributed by atoms with Gasteiger partial charge in [-0.3, -0.25) is 4.98 Å². The maximum absolute atomic E-state index is 12.1. The van der Waals surface area contributed by atoms with Gasteiger partial charge < -0.3 is 5.32 Å². The van der Waals surface area contributed by atoms with Gasteiger partial charge in [0, 0.05) is 29.9 Å². The van der Waals surface area contributed by atoms with Crippen LogP contribution in [0.2, 0.25) is 0 Å². The summed E-state index contributed by atoms with van der Waals surface area (Å²) in [5.41, 5.74) is 2.60. The van der Waals surface area contributed by atoms with Gasteiger partial charge in [-0.2, -0.15) is 0 Å². The Bertz CT molecular complexity index is 622. The van der Waals surface area contributed by atoms with E-state index in [1.165, 1.54) is 11.3 Å². The molecule has 0 amide bonds. The summed E-state index contributed by atoms with van der Waals surface area (Å²) < 4.78 is 26.8. The van der Waals surface area contributed by atoms with Crippen molar-refractivity contribution in [2.45, 2.75) is 24.8 Å². The Morgan fingerprint density at radius 1 is 1.25 bits per heavy atom. The zero-order valence-electron chi connectivity index (χ0n) is 11.2. The van der Waals surface area contributed by atoms with E-state index in [4.69, 9.17) is 0 Å². The fourth-order valence-corrected chi connectivity index (χ4v) is 3.23. The summed E-state index contributed by atoms with van der Waals surface area (Å²) >= 11 is 1.42. The highest BCUT2D eigenvalue weighted by Crippen LogP contribution is 2.15. The molecule has 0 atom stereocenters. The summed E-state index contributed by atoms with van der Waals surface area (Å²) in [4.78, 5) is 5.06. The maximum atomic E-state index is 12.1. The van der Waals surface area contributed by atoms with Crippen molar-refractivity contribution in [2.75, 3.05) is 11.9 Å². The number of rotatable bonds is 7. The lowest BCUT2D eigenvalue weighted by molar-refractivity contribution is 0.582. The number of thiazole rings is 1. The fraction of sp³-hybridized carbons (Fsp3) is 0.308. The van der Waals surface area contributed by atoms with Crippen LogP contribution in [0.1, 0.15) is 18.2 Å². The van der Waals surface area contributed by atoms with Crippen LogP contribution in [0.5, 0.6) is 0 Å². The molecule has 108 valence electrons. The number of benzene rings is 1. The number of hydrogen-bond acceptors (Lipinski definition) is 5. The minimum Gasteiger partial charge on any atom is -0.385 e. The van der Waals surface area contributed by atoms with Crippen LogP contribution >= 0.6 is 11.3 Å². The lowest BCUT2D eigenvalue weighted by Gasteiger charge is -2.08. The van der Waals surface area contributed by atoms with Gasteiger partial charge in [0.25, 0.3) is 0 Å². The summed E-state index contributed by atoms with van der Waals surface area (Å²) in [6.07, 6.45) is 2.68. The molecule has 1 aromatic heterocycles. The standard InChI is InChI=1S/C13H17N3O2S2/c1-2-7-15-11-3-5-13(6-4-11)20(17,18)16-9-12-8-14-10-19-12/h3-6,8,10,15-16H,2,7,9H2,1H3. The number of aromatic nitrogens is 1. The monoisotopic (exact) mass is 311 g/mol. The van der Waals surface area contributed by atoms with Crippen molar-refractivity contribution < 1.29 is 8.42 Å². The van der Waals surface area contributed by atoms with Crippen LogP contribution in [0.4, 0.5) is 5.69 Å². The Kier molecular flexibility index (Phi) is 5.11. The molecule has 0 fully saturated rings. The highest BCUT2D eigenvalue weighted by molar-refractivity contribution is 7.89. The molecule has 0 unspecified atom stereocenters. The Hall–Kier alpha value is -1.44. The average molecular weight is 311 g/mol. The Morgan fingerprint density at radius 2 is 2.00 bits per heavy atom. The molecule has 0 radical (unpaired) electrons. The molecule has 2 rings (SSSR count). The van der Waals surface area contributed by atoms with Crippen LogP contribution in [0.15, 0.2) is 40.9 Å². The third-order valence-corrected chi connectivity index (χ3v) is 4.86. The normalized spacial score (nSPS) is 11.4. The molecule has 0 bridgehead atoms. The van der Waals surface area contributed by atoms with Gasteiger partial charge in [0.1, 0.15) is 0 Å². The van der Waals surface area contributed by atoms with Crippen LogP contribution < -0.4 is 10.0 Å². The molecule has 20 heavy (non-hydrogen) atoms. The lowest BCUT2D eigenvalue weighted by atomic mass is 10.3. The first-order chi connectivity index (χ1) is 9.62. The second kappa shape index (κ2) is 6.83. The van der Waals surface area contributed by atoms with E-state index in [9.17, 15) is 8.42 Å². The van der Waals surface area contributed by atoms with Crippen molar-refractivity contribution >= 4 is 27.0 Å². The minimum absolute atomic E-state index is 0.267. The first-order valence-electron chi connectivity index (χ1n) is 6.33. The molecule has 5 nitrogen and oxygen atoms in total. The topological polar surface area (TPSA) is 71.1 Å². The van der Waals surface area contributed by atoms with Crippen molar-refractivity contribution in [1.82, 2.24) is 9.71 Å². The van der Waals surface area contributed by atoms with E-state index in [2.05, 4.69) is 21.9 Å². The molecule has 7 heteroatoms. The molecule has 0 aliphatic carbocycles. The van der Waals surface area contributed by atoms with Crippen molar-refractivity contribution in [1.29, 1.82) is 0 Å². The molecule has 0 aliphatic heterocycles. The van der Waals surface area contributed by atoms with Gasteiger partial charge >= 0.3 is 0 Å². The van der Waals surface area contributed by atoms with Crippen LogP contribution in [0, 0.1) is 0 Å². The van der Waals surface area contributed by atoms with Gasteiger partial charge in [-0.05, 0) is 30.7 Å². The first-order valence-corrected chi connectivity index (χ1v) is 8.69. The zero-order valence-corrected chi connectivity index (χ0v) is 12.8. The van der Waals surface area contributed by atoms with Crippen molar-refractivity contribution in [3.63, 3.8) is 0 Å². The van der Waals surface area contributed by atoms with Gasteiger partial charge in [-0.1, -0.05) is 6.92 Å². The second-order valence-corrected chi connectivity index (χ2v) is 6.98. The van der Waals surface area contributed by atoms with E-state index in [1.807, 2.05) is 0 Å². The third kappa shape index (κ3) is 4.03. The molecule has 0 spiro atoms. The number of sulfonamides is 1. The molecule has 0 saturated carbocycles. The van der Waals surface area contributed by atoms with Gasteiger partial charge in [-0.25, -0.2) is 13.1 Å². The predicted molar refractivity (Wildman–Crippen MR) is 81.4 cm³/mol. The largest absolute Gasteiger partial charge is 0.385 e. The molecule has 1 aromatic carbocycles. The maximum Gasteiger partial charge on any atom is 0.240 e. The highest BCUT2D eigenvalue weighted by Gasteiger charge is 2.13. The van der Waals surface area contributed by atoms with E-state index in [0.29, 0.717) is 0 Å². The Balaban J connectivity index is 2.01. The summed E-state index contributed by atoms with van der Waals surface area (Å²) in [6.45, 7) is 3.22. The molecular weight excluding hydrogens is 294 g/mol. The van der Waals surface area contributed by atoms with Gasteiger partial charge in [0.15, 0.2) is 0 Å². The minimum atomic E-state index is -3.47. The number of nitrogens with zero attached hydrogens (tertiary/aromatic N) is 1. The number of hydrogen-bond donors (Lipinski definition) is 2. The van der Waals surface area contributed by atoms with E-state index < -0.39 is 10.0 Å². The van der Waals surface area contributed by atoms with Crippen LogP contribution in [-0.2, 0) is 16.6 Å². The third-order valence-electron chi connectivity index (χ3n) is 2.66. The lowest BCUT2D eigenvalue weighted by Crippen LogP contribution is -2.22. The smallest absolute Gasteiger partial charge is 0.240 e. The van der Waals surface area contributed by atoms with Crippen LogP contribution in [-0.4, -0.2) is 19.9 Å². The quantitative estimate of drug-likeness (QED) is 0.824. The summed E-state index contributed by atoms with van der Waals surface area (Å²) in [5.74, 6) is 0. The van der Waals surface area contributed by atoms with Crippen molar-refractivity contribution in [3.8, 4) is 0 Å². The van der Waals surface area contributed by atoms with E-state index in [-0.39, 0.29) is 11.4 Å². The van der Waals surface area contributed by atoms with Gasteiger partial charge in [-0.15, -0.1) is 11.3 Å². The zero-order chi connectivity index (χ0) is 14.4. The first kappa shape index (κ1) is 15.0. The molecule has 2 aromatic rings. The van der Waals surface area contributed by atoms with E-state index in [1.54, 1.807) is 36.0 Å². The van der Waals surface area contributed by atoms with Crippen LogP contribution in [0.3, 0.4) is 0 Å². The fourth-order valence-electron chi connectivity index (χ4n) is 1.60. The molecule has 2 N–H and O–H groups in total.